The summed E-state index contributed by atoms with van der Waals surface area (Å²) in [6, 6.07) is 1.75. The number of hydrogen-bond donors (Lipinski definition) is 3. The van der Waals surface area contributed by atoms with Gasteiger partial charge in [-0.05, 0) is 23.4 Å². The normalized spacial score (nSPS) is 23.6. The van der Waals surface area contributed by atoms with Crippen LogP contribution in [0, 0.1) is 0 Å². The number of amides is 2. The smallest absolute Gasteiger partial charge is 0.285 e. The van der Waals surface area contributed by atoms with Gasteiger partial charge >= 0.3 is 0 Å². The fraction of sp³-hybridized carbons (Fsp3) is 0.400. The highest BCUT2D eigenvalue weighted by molar-refractivity contribution is 7.12. The molecule has 2 heterocycles. The van der Waals surface area contributed by atoms with Crippen molar-refractivity contribution in [2.45, 2.75) is 18.6 Å². The molecule has 0 bridgehead atoms. The van der Waals surface area contributed by atoms with Gasteiger partial charge in [-0.15, -0.1) is 11.3 Å². The number of β-amino-alcohol motifs (C(OH)–C–C–N with tert-alkyl or cyclic N) is 1. The number of carbonyl (C=O) groups is 2. The molecular formula is C10H13N3O3S. The van der Waals surface area contributed by atoms with Crippen LogP contribution in [-0.2, 0) is 4.79 Å². The first-order chi connectivity index (χ1) is 8.13. The standard InChI is InChI=1S/C10H13N3O3S/c11-13(5-14)10(16)9-7(1-2-17-9)8-3-6(15)4-12-8/h1-2,5-6,8,12,15H,3-4,11H2. The first-order valence-corrected chi connectivity index (χ1v) is 6.04. The van der Waals surface area contributed by atoms with Crippen LogP contribution in [0.2, 0.25) is 0 Å². The van der Waals surface area contributed by atoms with E-state index in [9.17, 15) is 14.7 Å². The highest BCUT2D eigenvalue weighted by atomic mass is 32.1. The third-order valence-electron chi connectivity index (χ3n) is 2.72. The summed E-state index contributed by atoms with van der Waals surface area (Å²) in [6.45, 7) is 0.508. The molecule has 17 heavy (non-hydrogen) atoms. The Kier molecular flexibility index (Phi) is 3.53. The zero-order chi connectivity index (χ0) is 12.4. The number of thiophene rings is 1. The van der Waals surface area contributed by atoms with Crippen LogP contribution in [0.3, 0.4) is 0 Å². The lowest BCUT2D eigenvalue weighted by molar-refractivity contribution is -0.116. The van der Waals surface area contributed by atoms with Crippen LogP contribution in [0.15, 0.2) is 11.4 Å². The van der Waals surface area contributed by atoms with E-state index in [2.05, 4.69) is 5.32 Å². The van der Waals surface area contributed by atoms with Gasteiger partial charge in [-0.3, -0.25) is 9.59 Å². The third-order valence-corrected chi connectivity index (χ3v) is 3.64. The molecule has 2 rings (SSSR count). The molecule has 0 aliphatic carbocycles. The van der Waals surface area contributed by atoms with E-state index in [0.717, 1.165) is 5.56 Å². The third kappa shape index (κ3) is 2.37. The SMILES string of the molecule is NN(C=O)C(=O)c1sccc1C1CC(O)CN1. The maximum Gasteiger partial charge on any atom is 0.285 e. The second-order valence-corrected chi connectivity index (χ2v) is 4.79. The fourth-order valence-corrected chi connectivity index (χ4v) is 2.79. The highest BCUT2D eigenvalue weighted by Gasteiger charge is 2.28. The Balaban J connectivity index is 2.22. The number of rotatable bonds is 3. The zero-order valence-corrected chi connectivity index (χ0v) is 9.81. The summed E-state index contributed by atoms with van der Waals surface area (Å²) in [5.74, 6) is 4.73. The van der Waals surface area contributed by atoms with Gasteiger partial charge in [0, 0.05) is 12.6 Å². The minimum atomic E-state index is -0.520. The van der Waals surface area contributed by atoms with Gasteiger partial charge in [0.25, 0.3) is 5.91 Å². The van der Waals surface area contributed by atoms with Crippen molar-refractivity contribution < 1.29 is 14.7 Å². The Morgan fingerprint density at radius 1 is 1.71 bits per heavy atom. The quantitative estimate of drug-likeness (QED) is 0.296. The Morgan fingerprint density at radius 3 is 3.06 bits per heavy atom. The van der Waals surface area contributed by atoms with Gasteiger partial charge in [-0.1, -0.05) is 0 Å². The maximum atomic E-state index is 11.8. The Hall–Kier alpha value is -1.28. The maximum absolute atomic E-state index is 11.8. The molecule has 0 aromatic carbocycles. The molecule has 7 heteroatoms. The molecule has 4 N–H and O–H groups in total. The summed E-state index contributed by atoms with van der Waals surface area (Å²) in [6.07, 6.45) is 0.439. The number of nitrogens with zero attached hydrogens (tertiary/aromatic N) is 1. The Labute approximate surface area is 102 Å². The van der Waals surface area contributed by atoms with Crippen molar-refractivity contribution in [3.63, 3.8) is 0 Å². The van der Waals surface area contributed by atoms with E-state index in [0.29, 0.717) is 22.9 Å². The summed E-state index contributed by atoms with van der Waals surface area (Å²) < 4.78 is 0. The van der Waals surface area contributed by atoms with Gasteiger partial charge in [0.2, 0.25) is 6.41 Å². The van der Waals surface area contributed by atoms with Gasteiger partial charge in [0.05, 0.1) is 11.0 Å². The van der Waals surface area contributed by atoms with Gasteiger partial charge in [0.1, 0.15) is 0 Å². The van der Waals surface area contributed by atoms with Gasteiger partial charge in [-0.25, -0.2) is 10.9 Å². The lowest BCUT2D eigenvalue weighted by Gasteiger charge is -2.13. The van der Waals surface area contributed by atoms with Crippen LogP contribution < -0.4 is 11.2 Å². The summed E-state index contributed by atoms with van der Waals surface area (Å²) in [7, 11) is 0. The number of nitrogens with two attached hydrogens (primary N) is 1. The predicted octanol–water partition coefficient (Wildman–Crippen LogP) is -0.384. The largest absolute Gasteiger partial charge is 0.392 e. The topological polar surface area (TPSA) is 95.7 Å². The molecule has 0 radical (unpaired) electrons. The molecule has 0 saturated carbocycles. The van der Waals surface area contributed by atoms with Crippen LogP contribution in [0.1, 0.15) is 27.7 Å². The van der Waals surface area contributed by atoms with Crippen molar-refractivity contribution in [3.05, 3.63) is 21.9 Å². The van der Waals surface area contributed by atoms with E-state index in [4.69, 9.17) is 5.84 Å². The minimum absolute atomic E-state index is 0.0600. The van der Waals surface area contributed by atoms with Crippen molar-refractivity contribution in [2.75, 3.05) is 6.54 Å². The Bertz CT molecular complexity index is 434. The number of nitrogens with one attached hydrogen (secondary N) is 1. The summed E-state index contributed by atoms with van der Waals surface area (Å²) >= 11 is 1.24. The van der Waals surface area contributed by atoms with E-state index < -0.39 is 12.0 Å². The number of imide groups is 1. The van der Waals surface area contributed by atoms with Crippen molar-refractivity contribution in [1.82, 2.24) is 10.3 Å². The molecule has 92 valence electrons. The molecule has 1 aliphatic heterocycles. The first-order valence-electron chi connectivity index (χ1n) is 5.16. The van der Waals surface area contributed by atoms with Gasteiger partial charge in [0.15, 0.2) is 0 Å². The predicted molar refractivity (Wildman–Crippen MR) is 62.1 cm³/mol. The van der Waals surface area contributed by atoms with Crippen LogP contribution in [-0.4, -0.2) is 35.1 Å². The highest BCUT2D eigenvalue weighted by Crippen LogP contribution is 2.30. The molecule has 1 fully saturated rings. The first kappa shape index (κ1) is 12.2. The summed E-state index contributed by atoms with van der Waals surface area (Å²) in [5, 5.41) is 14.9. The molecule has 2 atom stereocenters. The fourth-order valence-electron chi connectivity index (χ4n) is 1.89. The van der Waals surface area contributed by atoms with Crippen molar-refractivity contribution in [3.8, 4) is 0 Å². The molecule has 2 unspecified atom stereocenters. The monoisotopic (exact) mass is 255 g/mol. The minimum Gasteiger partial charge on any atom is -0.392 e. The lowest BCUT2D eigenvalue weighted by Crippen LogP contribution is -2.36. The van der Waals surface area contributed by atoms with Crippen LogP contribution in [0.4, 0.5) is 0 Å². The van der Waals surface area contributed by atoms with Crippen molar-refractivity contribution in [2.24, 2.45) is 5.84 Å². The number of hydrazine groups is 1. The lowest BCUT2D eigenvalue weighted by atomic mass is 10.1. The molecule has 1 saturated heterocycles. The van der Waals surface area contributed by atoms with Crippen LogP contribution >= 0.6 is 11.3 Å². The average molecular weight is 255 g/mol. The number of carbonyl (C=O) groups excluding carboxylic acids is 2. The van der Waals surface area contributed by atoms with E-state index in [1.54, 1.807) is 5.38 Å². The second kappa shape index (κ2) is 4.92. The summed E-state index contributed by atoms with van der Waals surface area (Å²) in [5.41, 5.74) is 0.786. The van der Waals surface area contributed by atoms with Crippen molar-refractivity contribution >= 4 is 23.7 Å². The molecule has 6 nitrogen and oxygen atoms in total. The second-order valence-electron chi connectivity index (χ2n) is 3.87. The molecule has 1 aromatic heterocycles. The van der Waals surface area contributed by atoms with Crippen molar-refractivity contribution in [1.29, 1.82) is 0 Å². The number of aliphatic hydroxyl groups excluding tert-OH is 1. The van der Waals surface area contributed by atoms with E-state index in [-0.39, 0.29) is 12.5 Å². The number of aliphatic hydroxyl groups is 1. The molecular weight excluding hydrogens is 242 g/mol. The van der Waals surface area contributed by atoms with Crippen LogP contribution in [0.5, 0.6) is 0 Å². The molecule has 1 aromatic rings. The van der Waals surface area contributed by atoms with Crippen LogP contribution in [0.25, 0.3) is 0 Å². The van der Waals surface area contributed by atoms with Gasteiger partial charge in [-0.2, -0.15) is 0 Å². The summed E-state index contributed by atoms with van der Waals surface area (Å²) in [4.78, 5) is 22.7. The molecule has 0 spiro atoms. The van der Waals surface area contributed by atoms with E-state index in [1.165, 1.54) is 11.3 Å². The van der Waals surface area contributed by atoms with E-state index >= 15 is 0 Å². The Morgan fingerprint density at radius 2 is 2.47 bits per heavy atom. The molecule has 1 aliphatic rings. The van der Waals surface area contributed by atoms with E-state index in [1.807, 2.05) is 6.07 Å². The zero-order valence-electron chi connectivity index (χ0n) is 9.00. The van der Waals surface area contributed by atoms with Gasteiger partial charge < -0.3 is 10.4 Å². The average Bonchev–Trinajstić information content (AvgIpc) is 2.94. The molecule has 2 amide bonds. The number of hydrogen-bond acceptors (Lipinski definition) is 6.